The van der Waals surface area contributed by atoms with E-state index >= 15 is 0 Å². The molecule has 1 N–H and O–H groups in total. The van der Waals surface area contributed by atoms with Crippen LogP contribution in [0.4, 0.5) is 0 Å². The highest BCUT2D eigenvalue weighted by Gasteiger charge is 2.29. The number of aryl methyl sites for hydroxylation is 1. The molecule has 1 amide bonds. The molecular formula is C15H15NO3. The van der Waals surface area contributed by atoms with Crippen molar-refractivity contribution in [2.75, 3.05) is 0 Å². The molecule has 0 unspecified atom stereocenters. The second-order valence-electron chi connectivity index (χ2n) is 5.08. The van der Waals surface area contributed by atoms with E-state index in [2.05, 4.69) is 5.32 Å². The maximum Gasteiger partial charge on any atom is 0.336 e. The van der Waals surface area contributed by atoms with Crippen LogP contribution in [0.2, 0.25) is 0 Å². The molecule has 1 aliphatic carbocycles. The van der Waals surface area contributed by atoms with E-state index in [4.69, 9.17) is 4.42 Å². The number of hydrogen-bond acceptors (Lipinski definition) is 3. The van der Waals surface area contributed by atoms with Gasteiger partial charge in [0.15, 0.2) is 0 Å². The fourth-order valence-corrected chi connectivity index (χ4v) is 2.16. The topological polar surface area (TPSA) is 59.3 Å². The van der Waals surface area contributed by atoms with Crippen molar-refractivity contribution in [3.05, 3.63) is 45.8 Å². The van der Waals surface area contributed by atoms with Gasteiger partial charge in [-0.2, -0.15) is 0 Å². The normalized spacial score (nSPS) is 14.6. The molecule has 0 radical (unpaired) electrons. The fraction of sp³-hybridized carbons (Fsp3) is 0.333. The first-order valence-electron chi connectivity index (χ1n) is 6.44. The van der Waals surface area contributed by atoms with Gasteiger partial charge in [-0.15, -0.1) is 0 Å². The quantitative estimate of drug-likeness (QED) is 0.857. The molecule has 19 heavy (non-hydrogen) atoms. The van der Waals surface area contributed by atoms with Crippen LogP contribution < -0.4 is 10.9 Å². The molecule has 1 aliphatic rings. The minimum absolute atomic E-state index is 0.0773. The van der Waals surface area contributed by atoms with E-state index in [1.165, 1.54) is 6.07 Å². The SMILES string of the molecule is Cc1ccc2c(CNC(=O)C3CC3)cc(=O)oc2c1. The summed E-state index contributed by atoms with van der Waals surface area (Å²) in [7, 11) is 0. The number of carbonyl (C=O) groups excluding carboxylic acids is 1. The van der Waals surface area contributed by atoms with Gasteiger partial charge in [0.25, 0.3) is 0 Å². The van der Waals surface area contributed by atoms with Crippen molar-refractivity contribution in [1.29, 1.82) is 0 Å². The predicted octanol–water partition coefficient (Wildman–Crippen LogP) is 2.13. The minimum Gasteiger partial charge on any atom is -0.423 e. The number of benzene rings is 1. The Balaban J connectivity index is 1.92. The molecule has 1 fully saturated rings. The van der Waals surface area contributed by atoms with Crippen LogP contribution in [-0.4, -0.2) is 5.91 Å². The Labute approximate surface area is 110 Å². The van der Waals surface area contributed by atoms with Crippen LogP contribution in [0.1, 0.15) is 24.0 Å². The van der Waals surface area contributed by atoms with Gasteiger partial charge >= 0.3 is 5.63 Å². The lowest BCUT2D eigenvalue weighted by atomic mass is 10.1. The number of amides is 1. The molecule has 4 heteroatoms. The Kier molecular flexibility index (Phi) is 2.85. The summed E-state index contributed by atoms with van der Waals surface area (Å²) in [5, 5.41) is 3.75. The Morgan fingerprint density at radius 3 is 2.89 bits per heavy atom. The molecule has 98 valence electrons. The second kappa shape index (κ2) is 4.53. The van der Waals surface area contributed by atoms with Gasteiger partial charge in [0.2, 0.25) is 5.91 Å². The van der Waals surface area contributed by atoms with Crippen LogP contribution in [0, 0.1) is 12.8 Å². The lowest BCUT2D eigenvalue weighted by molar-refractivity contribution is -0.122. The Morgan fingerprint density at radius 1 is 1.37 bits per heavy atom. The first-order valence-corrected chi connectivity index (χ1v) is 6.44. The minimum atomic E-state index is -0.381. The lowest BCUT2D eigenvalue weighted by Crippen LogP contribution is -2.24. The largest absolute Gasteiger partial charge is 0.423 e. The van der Waals surface area contributed by atoms with Gasteiger partial charge in [0.05, 0.1) is 0 Å². The molecule has 0 spiro atoms. The first-order chi connectivity index (χ1) is 9.13. The first kappa shape index (κ1) is 12.0. The standard InChI is InChI=1S/C15H15NO3/c1-9-2-5-12-11(7-14(17)19-13(12)6-9)8-16-15(18)10-3-4-10/h2,5-7,10H,3-4,8H2,1H3,(H,16,18). The molecule has 4 nitrogen and oxygen atoms in total. The highest BCUT2D eigenvalue weighted by Crippen LogP contribution is 2.29. The van der Waals surface area contributed by atoms with Crippen molar-refractivity contribution in [2.45, 2.75) is 26.3 Å². The highest BCUT2D eigenvalue weighted by atomic mass is 16.4. The van der Waals surface area contributed by atoms with Gasteiger partial charge < -0.3 is 9.73 Å². The third-order valence-electron chi connectivity index (χ3n) is 3.39. The van der Waals surface area contributed by atoms with Gasteiger partial charge in [-0.25, -0.2) is 4.79 Å². The zero-order valence-electron chi connectivity index (χ0n) is 10.7. The van der Waals surface area contributed by atoms with E-state index in [1.807, 2.05) is 25.1 Å². The van der Waals surface area contributed by atoms with E-state index in [9.17, 15) is 9.59 Å². The molecule has 0 bridgehead atoms. The average Bonchev–Trinajstić information content (AvgIpc) is 3.18. The molecule has 1 aromatic heterocycles. The van der Waals surface area contributed by atoms with E-state index in [0.29, 0.717) is 12.1 Å². The number of rotatable bonds is 3. The van der Waals surface area contributed by atoms with E-state index in [1.54, 1.807) is 0 Å². The summed E-state index contributed by atoms with van der Waals surface area (Å²) in [6.45, 7) is 2.32. The number of fused-ring (bicyclic) bond motifs is 1. The van der Waals surface area contributed by atoms with Gasteiger partial charge in [-0.3, -0.25) is 4.79 Å². The summed E-state index contributed by atoms with van der Waals surface area (Å²) in [5.41, 5.74) is 2.03. The van der Waals surface area contributed by atoms with Gasteiger partial charge in [0, 0.05) is 23.9 Å². The van der Waals surface area contributed by atoms with E-state index < -0.39 is 0 Å². The number of hydrogen-bond donors (Lipinski definition) is 1. The van der Waals surface area contributed by atoms with Crippen molar-refractivity contribution < 1.29 is 9.21 Å². The number of nitrogens with one attached hydrogen (secondary N) is 1. The molecule has 1 saturated carbocycles. The molecule has 2 aromatic rings. The molecule has 0 aliphatic heterocycles. The third-order valence-corrected chi connectivity index (χ3v) is 3.39. The van der Waals surface area contributed by atoms with E-state index in [0.717, 1.165) is 29.4 Å². The Bertz CT molecular complexity index is 698. The highest BCUT2D eigenvalue weighted by molar-refractivity contribution is 5.83. The summed E-state index contributed by atoms with van der Waals surface area (Å²) in [4.78, 5) is 23.2. The van der Waals surface area contributed by atoms with E-state index in [-0.39, 0.29) is 17.5 Å². The van der Waals surface area contributed by atoms with Crippen LogP contribution in [0.15, 0.2) is 33.5 Å². The van der Waals surface area contributed by atoms with Crippen LogP contribution in [0.5, 0.6) is 0 Å². The van der Waals surface area contributed by atoms with Crippen LogP contribution in [0.3, 0.4) is 0 Å². The van der Waals surface area contributed by atoms with Crippen molar-refractivity contribution in [1.82, 2.24) is 5.32 Å². The number of carbonyl (C=O) groups is 1. The summed E-state index contributed by atoms with van der Waals surface area (Å²) in [6, 6.07) is 7.18. The van der Waals surface area contributed by atoms with Crippen LogP contribution in [-0.2, 0) is 11.3 Å². The molecular weight excluding hydrogens is 242 g/mol. The third kappa shape index (κ3) is 2.52. The van der Waals surface area contributed by atoms with Gasteiger partial charge in [-0.1, -0.05) is 12.1 Å². The maximum absolute atomic E-state index is 11.6. The molecule has 0 saturated heterocycles. The summed E-state index contributed by atoms with van der Waals surface area (Å²) < 4.78 is 5.18. The Morgan fingerprint density at radius 2 is 2.16 bits per heavy atom. The maximum atomic E-state index is 11.6. The summed E-state index contributed by atoms with van der Waals surface area (Å²) >= 11 is 0. The molecule has 1 heterocycles. The zero-order valence-corrected chi connectivity index (χ0v) is 10.7. The monoisotopic (exact) mass is 257 g/mol. The fourth-order valence-electron chi connectivity index (χ4n) is 2.16. The second-order valence-corrected chi connectivity index (χ2v) is 5.08. The summed E-state index contributed by atoms with van der Waals surface area (Å²) in [6.07, 6.45) is 1.95. The van der Waals surface area contributed by atoms with Crippen molar-refractivity contribution in [3.8, 4) is 0 Å². The average molecular weight is 257 g/mol. The van der Waals surface area contributed by atoms with Gasteiger partial charge in [0.1, 0.15) is 5.58 Å². The van der Waals surface area contributed by atoms with Gasteiger partial charge in [-0.05, 0) is 37.0 Å². The van der Waals surface area contributed by atoms with Crippen molar-refractivity contribution >= 4 is 16.9 Å². The zero-order chi connectivity index (χ0) is 13.4. The van der Waals surface area contributed by atoms with Crippen molar-refractivity contribution in [3.63, 3.8) is 0 Å². The molecule has 3 rings (SSSR count). The van der Waals surface area contributed by atoms with Crippen LogP contribution >= 0.6 is 0 Å². The molecule has 1 aromatic carbocycles. The summed E-state index contributed by atoms with van der Waals surface area (Å²) in [5.74, 6) is 0.252. The van der Waals surface area contributed by atoms with Crippen molar-refractivity contribution in [2.24, 2.45) is 5.92 Å². The lowest BCUT2D eigenvalue weighted by Gasteiger charge is -2.07. The smallest absolute Gasteiger partial charge is 0.336 e. The predicted molar refractivity (Wildman–Crippen MR) is 71.8 cm³/mol. The Hall–Kier alpha value is -2.10. The molecule has 0 atom stereocenters. The van der Waals surface area contributed by atoms with Crippen LogP contribution in [0.25, 0.3) is 11.0 Å².